The third-order valence-electron chi connectivity index (χ3n) is 11.5. The maximum Gasteiger partial charge on any atom is 0.160 e. The minimum absolute atomic E-state index is 0.0712. The highest BCUT2D eigenvalue weighted by molar-refractivity contribution is 6.91. The molecule has 0 saturated heterocycles. The summed E-state index contributed by atoms with van der Waals surface area (Å²) in [6, 6.07) is 48.0. The summed E-state index contributed by atoms with van der Waals surface area (Å²) < 4.78 is 0. The third-order valence-corrected chi connectivity index (χ3v) is 17.1. The van der Waals surface area contributed by atoms with Crippen LogP contribution in [0.5, 0.6) is 0 Å². The van der Waals surface area contributed by atoms with E-state index in [-0.39, 0.29) is 5.41 Å². The predicted octanol–water partition coefficient (Wildman–Crippen LogP) is 11.7. The van der Waals surface area contributed by atoms with Crippen LogP contribution in [0, 0.1) is 0 Å². The van der Waals surface area contributed by atoms with E-state index in [1.165, 1.54) is 62.3 Å². The van der Waals surface area contributed by atoms with Crippen molar-refractivity contribution in [3.8, 4) is 56.2 Å². The Kier molecular flexibility index (Phi) is 8.08. The average molecular weight is 666 g/mol. The minimum atomic E-state index is -1.52. The van der Waals surface area contributed by atoms with Crippen LogP contribution in [0.4, 0.5) is 0 Å². The summed E-state index contributed by atoms with van der Waals surface area (Å²) in [6.07, 6.45) is 3.68. The SMILES string of the molecule is CC[Si](CC)(CC)c1ccc2c(c1)C(C)(C)c1cccc(-c3cccc(-c4nc(-c5cccnc5)cc(-c5cccc6ccccc56)n4)c3)c1-2. The summed E-state index contributed by atoms with van der Waals surface area (Å²) in [7, 11) is -1.52. The Balaban J connectivity index is 1.28. The van der Waals surface area contributed by atoms with Gasteiger partial charge >= 0.3 is 0 Å². The molecule has 0 unspecified atom stereocenters. The Morgan fingerprint density at radius 1 is 0.560 bits per heavy atom. The van der Waals surface area contributed by atoms with Crippen LogP contribution in [0.3, 0.4) is 0 Å². The van der Waals surface area contributed by atoms with Gasteiger partial charge in [-0.1, -0.05) is 155 Å². The lowest BCUT2D eigenvalue weighted by Crippen LogP contribution is -2.46. The zero-order valence-electron chi connectivity index (χ0n) is 29.7. The zero-order chi connectivity index (χ0) is 34.5. The Morgan fingerprint density at radius 2 is 1.26 bits per heavy atom. The topological polar surface area (TPSA) is 38.7 Å². The van der Waals surface area contributed by atoms with Gasteiger partial charge in [-0.2, -0.15) is 0 Å². The van der Waals surface area contributed by atoms with E-state index in [2.05, 4.69) is 155 Å². The van der Waals surface area contributed by atoms with Crippen LogP contribution >= 0.6 is 0 Å². The molecule has 0 atom stereocenters. The van der Waals surface area contributed by atoms with Gasteiger partial charge in [0.25, 0.3) is 0 Å². The molecule has 1 aliphatic carbocycles. The first-order chi connectivity index (χ1) is 24.4. The molecule has 4 heteroatoms. The molecule has 246 valence electrons. The molecular formula is C46H43N3Si. The van der Waals surface area contributed by atoms with E-state index in [1.54, 1.807) is 11.4 Å². The highest BCUT2D eigenvalue weighted by Crippen LogP contribution is 2.52. The summed E-state index contributed by atoms with van der Waals surface area (Å²) in [5.74, 6) is 0.703. The molecular weight excluding hydrogens is 623 g/mol. The van der Waals surface area contributed by atoms with Gasteiger partial charge in [-0.15, -0.1) is 0 Å². The molecule has 1 aliphatic rings. The molecule has 0 N–H and O–H groups in total. The molecule has 7 aromatic rings. The van der Waals surface area contributed by atoms with Gasteiger partial charge < -0.3 is 0 Å². The molecule has 0 bridgehead atoms. The maximum atomic E-state index is 5.25. The lowest BCUT2D eigenvalue weighted by atomic mass is 9.82. The molecule has 50 heavy (non-hydrogen) atoms. The fraction of sp³-hybridized carbons (Fsp3) is 0.196. The van der Waals surface area contributed by atoms with Crippen molar-refractivity contribution in [3.63, 3.8) is 0 Å². The molecule has 0 saturated carbocycles. The average Bonchev–Trinajstić information content (AvgIpc) is 3.41. The maximum absolute atomic E-state index is 5.25. The van der Waals surface area contributed by atoms with E-state index in [1.807, 2.05) is 12.3 Å². The van der Waals surface area contributed by atoms with Crippen molar-refractivity contribution in [3.05, 3.63) is 145 Å². The van der Waals surface area contributed by atoms with E-state index >= 15 is 0 Å². The number of hydrogen-bond acceptors (Lipinski definition) is 3. The van der Waals surface area contributed by atoms with Gasteiger partial charge in [-0.25, -0.2) is 9.97 Å². The molecule has 2 aromatic heterocycles. The lowest BCUT2D eigenvalue weighted by Gasteiger charge is -2.30. The minimum Gasteiger partial charge on any atom is -0.264 e. The van der Waals surface area contributed by atoms with E-state index in [0.717, 1.165) is 28.1 Å². The fourth-order valence-corrected chi connectivity index (χ4v) is 12.0. The zero-order valence-corrected chi connectivity index (χ0v) is 30.7. The van der Waals surface area contributed by atoms with Crippen LogP contribution in [0.15, 0.2) is 134 Å². The van der Waals surface area contributed by atoms with Crippen LogP contribution in [0.1, 0.15) is 45.7 Å². The number of benzene rings is 5. The molecule has 8 rings (SSSR count). The van der Waals surface area contributed by atoms with Crippen molar-refractivity contribution < 1.29 is 0 Å². The van der Waals surface area contributed by atoms with Gasteiger partial charge in [0, 0.05) is 34.5 Å². The summed E-state index contributed by atoms with van der Waals surface area (Å²) in [5, 5.41) is 3.97. The monoisotopic (exact) mass is 665 g/mol. The van der Waals surface area contributed by atoms with E-state index in [9.17, 15) is 0 Å². The van der Waals surface area contributed by atoms with Gasteiger partial charge in [0.2, 0.25) is 0 Å². The van der Waals surface area contributed by atoms with Crippen LogP contribution in [0.2, 0.25) is 18.1 Å². The standard InChI is InChI=1S/C46H43N3Si/c1-6-50(7-2,8-3)35-24-25-39-41(28-35)46(4,5)40-23-13-21-37(44(39)40)32-17-11-18-33(27-32)45-48-42(34-19-14-26-47-30-34)29-43(49-45)38-22-12-16-31-15-9-10-20-36(31)38/h9-30H,6-8H2,1-5H3. The highest BCUT2D eigenvalue weighted by atomic mass is 28.3. The van der Waals surface area contributed by atoms with Crippen molar-refractivity contribution in [1.82, 2.24) is 15.0 Å². The van der Waals surface area contributed by atoms with Crippen molar-refractivity contribution in [2.45, 2.75) is 58.2 Å². The van der Waals surface area contributed by atoms with Crippen LogP contribution in [-0.4, -0.2) is 23.0 Å². The summed E-state index contributed by atoms with van der Waals surface area (Å²) >= 11 is 0. The van der Waals surface area contributed by atoms with Crippen LogP contribution in [0.25, 0.3) is 66.9 Å². The van der Waals surface area contributed by atoms with Crippen LogP contribution in [-0.2, 0) is 5.41 Å². The second-order valence-corrected chi connectivity index (χ2v) is 19.5. The number of fused-ring (bicyclic) bond motifs is 4. The number of pyridine rings is 1. The first kappa shape index (κ1) is 32.0. The van der Waals surface area contributed by atoms with Gasteiger partial charge in [0.1, 0.15) is 0 Å². The van der Waals surface area contributed by atoms with Crippen molar-refractivity contribution in [2.75, 3.05) is 0 Å². The molecule has 0 amide bonds. The van der Waals surface area contributed by atoms with E-state index in [4.69, 9.17) is 9.97 Å². The largest absolute Gasteiger partial charge is 0.264 e. The smallest absolute Gasteiger partial charge is 0.160 e. The molecule has 0 aliphatic heterocycles. The Bertz CT molecular complexity index is 2360. The first-order valence-corrected chi connectivity index (χ1v) is 20.7. The molecule has 3 nitrogen and oxygen atoms in total. The number of hydrogen-bond donors (Lipinski definition) is 0. The molecule has 0 radical (unpaired) electrons. The Labute approximate surface area is 297 Å². The number of aromatic nitrogens is 3. The normalized spacial score (nSPS) is 13.3. The van der Waals surface area contributed by atoms with Gasteiger partial charge in [-0.05, 0) is 68.4 Å². The number of rotatable bonds is 8. The highest BCUT2D eigenvalue weighted by Gasteiger charge is 2.39. The predicted molar refractivity (Wildman–Crippen MR) is 213 cm³/mol. The first-order valence-electron chi connectivity index (χ1n) is 18.0. The molecule has 0 spiro atoms. The summed E-state index contributed by atoms with van der Waals surface area (Å²) in [5.41, 5.74) is 12.8. The van der Waals surface area contributed by atoms with Crippen molar-refractivity contribution in [2.24, 2.45) is 0 Å². The second kappa shape index (κ2) is 12.6. The van der Waals surface area contributed by atoms with Gasteiger partial charge in [0.15, 0.2) is 5.82 Å². The lowest BCUT2D eigenvalue weighted by molar-refractivity contribution is 0.661. The van der Waals surface area contributed by atoms with Gasteiger partial charge in [0.05, 0.1) is 19.5 Å². The quantitative estimate of drug-likeness (QED) is 0.152. The van der Waals surface area contributed by atoms with Crippen molar-refractivity contribution in [1.29, 1.82) is 0 Å². The summed E-state index contributed by atoms with van der Waals surface area (Å²) in [4.78, 5) is 14.8. The second-order valence-electron chi connectivity index (χ2n) is 14.3. The van der Waals surface area contributed by atoms with E-state index < -0.39 is 8.07 Å². The molecule has 2 heterocycles. The van der Waals surface area contributed by atoms with Crippen LogP contribution < -0.4 is 5.19 Å². The molecule has 5 aromatic carbocycles. The van der Waals surface area contributed by atoms with Gasteiger partial charge in [-0.3, -0.25) is 4.98 Å². The van der Waals surface area contributed by atoms with Crippen molar-refractivity contribution >= 4 is 24.0 Å². The summed E-state index contributed by atoms with van der Waals surface area (Å²) in [6.45, 7) is 12.0. The van der Waals surface area contributed by atoms with E-state index in [0.29, 0.717) is 5.82 Å². The fourth-order valence-electron chi connectivity index (χ4n) is 8.37. The third kappa shape index (κ3) is 5.21. The molecule has 0 fully saturated rings. The Hall–Kier alpha value is -5.19. The number of nitrogens with zero attached hydrogens (tertiary/aromatic N) is 3. The Morgan fingerprint density at radius 3 is 2.06 bits per heavy atom.